The van der Waals surface area contributed by atoms with E-state index in [-0.39, 0.29) is 27.3 Å². The largest absolute Gasteiger partial charge is 0.488 e. The monoisotopic (exact) mass is 359 g/mol. The van der Waals surface area contributed by atoms with Crippen molar-refractivity contribution in [2.75, 3.05) is 13.2 Å². The standard InChI is InChI=1S/C10H8Cl3NO5S/c11-6-2-9(20(13,16)17)7(12)1-8(6)18-4-5-3-14-10(15)19-5/h1-2,5H,3-4H2,(H,14,15). The lowest BCUT2D eigenvalue weighted by molar-refractivity contribution is 0.105. The molecule has 0 spiro atoms. The van der Waals surface area contributed by atoms with Crippen LogP contribution in [0.4, 0.5) is 4.79 Å². The van der Waals surface area contributed by atoms with Crippen LogP contribution in [0.25, 0.3) is 0 Å². The Balaban J connectivity index is 2.13. The van der Waals surface area contributed by atoms with Crippen LogP contribution in [0, 0.1) is 0 Å². The van der Waals surface area contributed by atoms with Crippen molar-refractivity contribution < 1.29 is 22.7 Å². The Labute approximate surface area is 129 Å². The number of carbonyl (C=O) groups is 1. The summed E-state index contributed by atoms with van der Waals surface area (Å²) in [6, 6.07) is 2.34. The lowest BCUT2D eigenvalue weighted by Gasteiger charge is -2.12. The molecule has 0 aromatic heterocycles. The Hall–Kier alpha value is -0.890. The topological polar surface area (TPSA) is 81.7 Å². The third-order valence-electron chi connectivity index (χ3n) is 2.42. The molecule has 10 heteroatoms. The lowest BCUT2D eigenvalue weighted by Crippen LogP contribution is -2.22. The molecule has 1 amide bonds. The van der Waals surface area contributed by atoms with Gasteiger partial charge in [-0.05, 0) is 6.07 Å². The third kappa shape index (κ3) is 3.60. The third-order valence-corrected chi connectivity index (χ3v) is 4.50. The minimum atomic E-state index is -3.99. The first-order valence-electron chi connectivity index (χ1n) is 5.28. The molecule has 1 unspecified atom stereocenters. The molecular weight excluding hydrogens is 353 g/mol. The molecule has 1 N–H and O–H groups in total. The molecule has 0 radical (unpaired) electrons. The van der Waals surface area contributed by atoms with Gasteiger partial charge in [0.15, 0.2) is 6.10 Å². The molecule has 2 rings (SSSR count). The molecular formula is C10H8Cl3NO5S. The van der Waals surface area contributed by atoms with Crippen LogP contribution in [0.2, 0.25) is 10.0 Å². The van der Waals surface area contributed by atoms with Crippen molar-refractivity contribution in [3.05, 3.63) is 22.2 Å². The highest BCUT2D eigenvalue weighted by molar-refractivity contribution is 8.13. The summed E-state index contributed by atoms with van der Waals surface area (Å²) in [5.41, 5.74) is 0. The van der Waals surface area contributed by atoms with E-state index >= 15 is 0 Å². The summed E-state index contributed by atoms with van der Waals surface area (Å²) in [7, 11) is 1.22. The van der Waals surface area contributed by atoms with Crippen LogP contribution in [0.1, 0.15) is 0 Å². The predicted molar refractivity (Wildman–Crippen MR) is 73.3 cm³/mol. The highest BCUT2D eigenvalue weighted by Gasteiger charge is 2.24. The van der Waals surface area contributed by atoms with Gasteiger partial charge in [0, 0.05) is 16.7 Å². The zero-order valence-corrected chi connectivity index (χ0v) is 12.8. The van der Waals surface area contributed by atoms with E-state index in [1.807, 2.05) is 0 Å². The number of nitrogens with one attached hydrogen (secondary N) is 1. The van der Waals surface area contributed by atoms with Gasteiger partial charge in [0.2, 0.25) is 0 Å². The average Bonchev–Trinajstić information content (AvgIpc) is 2.74. The fraction of sp³-hybridized carbons (Fsp3) is 0.300. The Bertz CT molecular complexity index is 649. The van der Waals surface area contributed by atoms with Gasteiger partial charge in [-0.15, -0.1) is 0 Å². The van der Waals surface area contributed by atoms with Crippen molar-refractivity contribution in [2.45, 2.75) is 11.0 Å². The summed E-state index contributed by atoms with van der Waals surface area (Å²) in [5, 5.41) is 2.39. The molecule has 0 bridgehead atoms. The summed E-state index contributed by atoms with van der Waals surface area (Å²) in [6.07, 6.45) is -0.972. The first-order valence-corrected chi connectivity index (χ1v) is 8.35. The molecule has 20 heavy (non-hydrogen) atoms. The van der Waals surface area contributed by atoms with E-state index in [9.17, 15) is 13.2 Å². The van der Waals surface area contributed by atoms with Gasteiger partial charge < -0.3 is 14.8 Å². The number of hydrogen-bond donors (Lipinski definition) is 1. The summed E-state index contributed by atoms with van der Waals surface area (Å²) in [5.74, 6) is 0.170. The fourth-order valence-corrected chi connectivity index (χ4v) is 3.31. The SMILES string of the molecule is O=C1NCC(COc2cc(Cl)c(S(=O)(=O)Cl)cc2Cl)O1. The first-order chi connectivity index (χ1) is 9.27. The Morgan fingerprint density at radius 1 is 1.35 bits per heavy atom. The molecule has 0 saturated carbocycles. The summed E-state index contributed by atoms with van der Waals surface area (Å²) >= 11 is 11.7. The second kappa shape index (κ2) is 5.85. The van der Waals surface area contributed by atoms with Gasteiger partial charge >= 0.3 is 6.09 Å². The second-order valence-electron chi connectivity index (χ2n) is 3.87. The maximum atomic E-state index is 11.2. The van der Waals surface area contributed by atoms with Crippen molar-refractivity contribution in [3.63, 3.8) is 0 Å². The smallest absolute Gasteiger partial charge is 0.407 e. The van der Waals surface area contributed by atoms with Crippen molar-refractivity contribution in [1.29, 1.82) is 0 Å². The zero-order valence-electron chi connectivity index (χ0n) is 9.73. The molecule has 1 aromatic carbocycles. The Morgan fingerprint density at radius 2 is 2.05 bits per heavy atom. The van der Waals surface area contributed by atoms with E-state index in [4.69, 9.17) is 43.4 Å². The molecule has 110 valence electrons. The van der Waals surface area contributed by atoms with Gasteiger partial charge in [0.25, 0.3) is 9.05 Å². The van der Waals surface area contributed by atoms with Gasteiger partial charge in [-0.1, -0.05) is 23.2 Å². The van der Waals surface area contributed by atoms with Crippen LogP contribution in [0.5, 0.6) is 5.75 Å². The zero-order chi connectivity index (χ0) is 14.9. The van der Waals surface area contributed by atoms with Crippen molar-refractivity contribution in [3.8, 4) is 5.75 Å². The van der Waals surface area contributed by atoms with Crippen molar-refractivity contribution in [2.24, 2.45) is 0 Å². The minimum Gasteiger partial charge on any atom is -0.488 e. The predicted octanol–water partition coefficient (Wildman–Crippen LogP) is 2.41. The van der Waals surface area contributed by atoms with Crippen molar-refractivity contribution in [1.82, 2.24) is 5.32 Å². The maximum absolute atomic E-state index is 11.2. The molecule has 1 fully saturated rings. The van der Waals surface area contributed by atoms with E-state index in [1.54, 1.807) is 0 Å². The summed E-state index contributed by atoms with van der Waals surface area (Å²) < 4.78 is 32.7. The molecule has 1 aliphatic rings. The van der Waals surface area contributed by atoms with E-state index in [2.05, 4.69) is 5.32 Å². The molecule has 0 aliphatic carbocycles. The van der Waals surface area contributed by atoms with Crippen LogP contribution in [0.3, 0.4) is 0 Å². The quantitative estimate of drug-likeness (QED) is 0.834. The molecule has 1 aliphatic heterocycles. The normalized spacial score (nSPS) is 18.6. The highest BCUT2D eigenvalue weighted by Crippen LogP contribution is 2.35. The van der Waals surface area contributed by atoms with E-state index in [0.717, 1.165) is 6.07 Å². The van der Waals surface area contributed by atoms with Crippen molar-refractivity contribution >= 4 is 49.0 Å². The average molecular weight is 361 g/mol. The lowest BCUT2D eigenvalue weighted by atomic mass is 10.3. The van der Waals surface area contributed by atoms with Crippen LogP contribution < -0.4 is 10.1 Å². The van der Waals surface area contributed by atoms with E-state index < -0.39 is 21.2 Å². The van der Waals surface area contributed by atoms with Gasteiger partial charge in [0.1, 0.15) is 17.3 Å². The van der Waals surface area contributed by atoms with E-state index in [0.29, 0.717) is 6.54 Å². The molecule has 1 saturated heterocycles. The Morgan fingerprint density at radius 3 is 2.60 bits per heavy atom. The maximum Gasteiger partial charge on any atom is 0.407 e. The molecule has 6 nitrogen and oxygen atoms in total. The van der Waals surface area contributed by atoms with Gasteiger partial charge in [0.05, 0.1) is 16.6 Å². The Kier molecular flexibility index (Phi) is 4.53. The van der Waals surface area contributed by atoms with E-state index in [1.165, 1.54) is 6.07 Å². The molecule has 1 atom stereocenters. The van der Waals surface area contributed by atoms with Gasteiger partial charge in [-0.2, -0.15) is 0 Å². The number of ether oxygens (including phenoxy) is 2. The minimum absolute atomic E-state index is 0.0332. The van der Waals surface area contributed by atoms with Crippen LogP contribution >= 0.6 is 33.9 Å². The number of amides is 1. The number of hydrogen-bond acceptors (Lipinski definition) is 5. The molecule has 1 heterocycles. The number of cyclic esters (lactones) is 1. The number of benzene rings is 1. The van der Waals surface area contributed by atoms with Gasteiger partial charge in [-0.3, -0.25) is 0 Å². The van der Waals surface area contributed by atoms with Crippen LogP contribution in [-0.2, 0) is 13.8 Å². The second-order valence-corrected chi connectivity index (χ2v) is 7.22. The van der Waals surface area contributed by atoms with Crippen LogP contribution in [-0.4, -0.2) is 33.8 Å². The number of alkyl carbamates (subject to hydrolysis) is 1. The fourth-order valence-electron chi connectivity index (χ4n) is 1.52. The molecule has 1 aromatic rings. The number of carbonyl (C=O) groups excluding carboxylic acids is 1. The summed E-state index contributed by atoms with van der Waals surface area (Å²) in [4.78, 5) is 10.5. The first kappa shape index (κ1) is 15.5. The summed E-state index contributed by atoms with van der Waals surface area (Å²) in [6.45, 7) is 0.375. The number of rotatable bonds is 4. The van der Waals surface area contributed by atoms with Gasteiger partial charge in [-0.25, -0.2) is 13.2 Å². The van der Waals surface area contributed by atoms with Crippen LogP contribution in [0.15, 0.2) is 17.0 Å². The number of halogens is 3. The highest BCUT2D eigenvalue weighted by atomic mass is 35.7.